The van der Waals surface area contributed by atoms with Gasteiger partial charge in [-0.05, 0) is 36.8 Å². The molecule has 23 heavy (non-hydrogen) atoms. The van der Waals surface area contributed by atoms with Gasteiger partial charge < -0.3 is 5.32 Å². The van der Waals surface area contributed by atoms with Crippen LogP contribution in [0.4, 0.5) is 10.1 Å². The van der Waals surface area contributed by atoms with Gasteiger partial charge in [0, 0.05) is 16.3 Å². The molecular formula is C16H13ClFN3O2. The van der Waals surface area contributed by atoms with E-state index in [9.17, 15) is 14.0 Å². The van der Waals surface area contributed by atoms with Crippen molar-refractivity contribution in [3.63, 3.8) is 0 Å². The van der Waals surface area contributed by atoms with E-state index in [4.69, 9.17) is 11.6 Å². The molecule has 0 unspecified atom stereocenters. The molecule has 0 radical (unpaired) electrons. The van der Waals surface area contributed by atoms with Gasteiger partial charge in [-0.15, -0.1) is 0 Å². The molecule has 2 rings (SSSR count). The van der Waals surface area contributed by atoms with Crippen LogP contribution in [0.25, 0.3) is 0 Å². The molecular weight excluding hydrogens is 321 g/mol. The van der Waals surface area contributed by atoms with Crippen molar-refractivity contribution < 1.29 is 14.0 Å². The van der Waals surface area contributed by atoms with Gasteiger partial charge in [0.1, 0.15) is 5.82 Å². The Morgan fingerprint density at radius 3 is 2.61 bits per heavy atom. The van der Waals surface area contributed by atoms with Gasteiger partial charge in [-0.2, -0.15) is 5.10 Å². The van der Waals surface area contributed by atoms with Crippen molar-refractivity contribution in [1.29, 1.82) is 0 Å². The van der Waals surface area contributed by atoms with Crippen molar-refractivity contribution in [2.45, 2.75) is 6.92 Å². The lowest BCUT2D eigenvalue weighted by Gasteiger charge is -2.07. The van der Waals surface area contributed by atoms with Gasteiger partial charge in [0.25, 0.3) is 0 Å². The normalized spacial score (nSPS) is 10.6. The summed E-state index contributed by atoms with van der Waals surface area (Å²) in [5, 5.41) is 6.52. The first kappa shape index (κ1) is 16.6. The highest BCUT2D eigenvalue weighted by Gasteiger charge is 2.14. The zero-order valence-corrected chi connectivity index (χ0v) is 12.9. The van der Waals surface area contributed by atoms with E-state index >= 15 is 0 Å². The van der Waals surface area contributed by atoms with Crippen molar-refractivity contribution in [3.8, 4) is 0 Å². The van der Waals surface area contributed by atoms with E-state index in [0.717, 1.165) is 6.21 Å². The molecule has 2 N–H and O–H groups in total. The second kappa shape index (κ2) is 7.51. The molecule has 0 bridgehead atoms. The molecule has 0 aliphatic rings. The van der Waals surface area contributed by atoms with Crippen LogP contribution >= 0.6 is 11.6 Å². The van der Waals surface area contributed by atoms with Gasteiger partial charge >= 0.3 is 11.8 Å². The summed E-state index contributed by atoms with van der Waals surface area (Å²) in [7, 11) is 0. The van der Waals surface area contributed by atoms with Gasteiger partial charge in [-0.25, -0.2) is 9.82 Å². The van der Waals surface area contributed by atoms with Crippen molar-refractivity contribution in [2.75, 3.05) is 5.32 Å². The number of aryl methyl sites for hydroxylation is 1. The summed E-state index contributed by atoms with van der Waals surface area (Å²) >= 11 is 5.81. The second-order valence-electron chi connectivity index (χ2n) is 4.63. The summed E-state index contributed by atoms with van der Waals surface area (Å²) in [5.41, 5.74) is 3.41. The summed E-state index contributed by atoms with van der Waals surface area (Å²) in [6, 6.07) is 10.8. The average molecular weight is 334 g/mol. The zero-order valence-electron chi connectivity index (χ0n) is 12.1. The standard InChI is InChI=1S/C16H13ClFN3O2/c1-10-8-12(17)6-7-14(10)20-15(22)16(23)21-19-9-11-4-2-3-5-13(11)18/h2-9H,1H3,(H,20,22)(H,21,23). The molecule has 2 aromatic rings. The fourth-order valence-corrected chi connectivity index (χ4v) is 1.96. The number of hydrogen-bond donors (Lipinski definition) is 2. The van der Waals surface area contributed by atoms with E-state index in [1.807, 2.05) is 5.43 Å². The highest BCUT2D eigenvalue weighted by atomic mass is 35.5. The number of carbonyl (C=O) groups is 2. The number of hydrogen-bond acceptors (Lipinski definition) is 3. The number of benzene rings is 2. The third-order valence-corrected chi connectivity index (χ3v) is 3.15. The lowest BCUT2D eigenvalue weighted by atomic mass is 10.2. The largest absolute Gasteiger partial charge is 0.329 e. The Labute approximate surface area is 137 Å². The Bertz CT molecular complexity index is 778. The number of nitrogens with zero attached hydrogens (tertiary/aromatic N) is 1. The summed E-state index contributed by atoms with van der Waals surface area (Å²) in [6.45, 7) is 1.75. The number of carbonyl (C=O) groups excluding carboxylic acids is 2. The fraction of sp³-hybridized carbons (Fsp3) is 0.0625. The van der Waals surface area contributed by atoms with E-state index in [0.29, 0.717) is 16.3 Å². The maximum atomic E-state index is 13.3. The third-order valence-electron chi connectivity index (χ3n) is 2.92. The monoisotopic (exact) mass is 333 g/mol. The van der Waals surface area contributed by atoms with Crippen LogP contribution in [0.15, 0.2) is 47.6 Å². The van der Waals surface area contributed by atoms with Crippen LogP contribution < -0.4 is 10.7 Å². The van der Waals surface area contributed by atoms with E-state index in [1.54, 1.807) is 31.2 Å². The Morgan fingerprint density at radius 1 is 1.17 bits per heavy atom. The van der Waals surface area contributed by atoms with Gasteiger partial charge in [0.05, 0.1) is 6.21 Å². The molecule has 0 aromatic heterocycles. The van der Waals surface area contributed by atoms with Gasteiger partial charge in [-0.1, -0.05) is 29.8 Å². The van der Waals surface area contributed by atoms with E-state index in [1.165, 1.54) is 18.2 Å². The molecule has 2 aromatic carbocycles. The average Bonchev–Trinajstić information content (AvgIpc) is 2.51. The zero-order chi connectivity index (χ0) is 16.8. The summed E-state index contributed by atoms with van der Waals surface area (Å²) in [4.78, 5) is 23.4. The highest BCUT2D eigenvalue weighted by molar-refractivity contribution is 6.39. The van der Waals surface area contributed by atoms with Crippen molar-refractivity contribution in [2.24, 2.45) is 5.10 Å². The predicted octanol–water partition coefficient (Wildman–Crippen LogP) is 2.88. The predicted molar refractivity (Wildman–Crippen MR) is 87.0 cm³/mol. The van der Waals surface area contributed by atoms with Gasteiger partial charge in [0.2, 0.25) is 0 Å². The number of rotatable bonds is 3. The molecule has 0 aliphatic carbocycles. The molecule has 0 fully saturated rings. The van der Waals surface area contributed by atoms with Crippen molar-refractivity contribution >= 4 is 35.3 Å². The molecule has 0 heterocycles. The van der Waals surface area contributed by atoms with Crippen LogP contribution in [0, 0.1) is 12.7 Å². The molecule has 2 amide bonds. The van der Waals surface area contributed by atoms with E-state index < -0.39 is 17.6 Å². The minimum absolute atomic E-state index is 0.196. The summed E-state index contributed by atoms with van der Waals surface area (Å²) in [6.07, 6.45) is 1.12. The Balaban J connectivity index is 1.95. The van der Waals surface area contributed by atoms with E-state index in [-0.39, 0.29) is 5.56 Å². The van der Waals surface area contributed by atoms with Crippen molar-refractivity contribution in [3.05, 3.63) is 64.4 Å². The quantitative estimate of drug-likeness (QED) is 0.515. The first-order chi connectivity index (χ1) is 11.0. The smallest absolute Gasteiger partial charge is 0.317 e. The molecule has 5 nitrogen and oxygen atoms in total. The lowest BCUT2D eigenvalue weighted by Crippen LogP contribution is -2.32. The van der Waals surface area contributed by atoms with Crippen molar-refractivity contribution in [1.82, 2.24) is 5.43 Å². The fourth-order valence-electron chi connectivity index (χ4n) is 1.74. The number of nitrogens with one attached hydrogen (secondary N) is 2. The molecule has 0 saturated carbocycles. The molecule has 0 saturated heterocycles. The minimum Gasteiger partial charge on any atom is -0.317 e. The Morgan fingerprint density at radius 2 is 1.91 bits per heavy atom. The topological polar surface area (TPSA) is 70.6 Å². The number of halogens is 2. The Kier molecular flexibility index (Phi) is 5.43. The number of anilines is 1. The highest BCUT2D eigenvalue weighted by Crippen LogP contribution is 2.19. The molecule has 0 aliphatic heterocycles. The first-order valence-electron chi connectivity index (χ1n) is 6.62. The maximum absolute atomic E-state index is 13.3. The van der Waals surface area contributed by atoms with E-state index in [2.05, 4.69) is 10.4 Å². The van der Waals surface area contributed by atoms with Crippen LogP contribution in [0.2, 0.25) is 5.02 Å². The second-order valence-corrected chi connectivity index (χ2v) is 5.07. The summed E-state index contributed by atoms with van der Waals surface area (Å²) in [5.74, 6) is -2.33. The number of hydrazone groups is 1. The third kappa shape index (κ3) is 4.62. The van der Waals surface area contributed by atoms with Crippen LogP contribution in [0.5, 0.6) is 0 Å². The van der Waals surface area contributed by atoms with Crippen LogP contribution in [-0.2, 0) is 9.59 Å². The summed E-state index contributed by atoms with van der Waals surface area (Å²) < 4.78 is 13.3. The first-order valence-corrected chi connectivity index (χ1v) is 7.00. The van der Waals surface area contributed by atoms with Crippen LogP contribution in [0.3, 0.4) is 0 Å². The molecule has 0 atom stereocenters. The molecule has 7 heteroatoms. The van der Waals surface area contributed by atoms with Gasteiger partial charge in [0.15, 0.2) is 0 Å². The SMILES string of the molecule is Cc1cc(Cl)ccc1NC(=O)C(=O)NN=Cc1ccccc1F. The van der Waals surface area contributed by atoms with Gasteiger partial charge in [-0.3, -0.25) is 9.59 Å². The lowest BCUT2D eigenvalue weighted by molar-refractivity contribution is -0.136. The molecule has 118 valence electrons. The van der Waals surface area contributed by atoms with Crippen LogP contribution in [0.1, 0.15) is 11.1 Å². The molecule has 0 spiro atoms. The minimum atomic E-state index is -0.966. The maximum Gasteiger partial charge on any atom is 0.329 e. The Hall–Kier alpha value is -2.73. The van der Waals surface area contributed by atoms with Crippen LogP contribution in [-0.4, -0.2) is 18.0 Å². The number of amides is 2.